The summed E-state index contributed by atoms with van der Waals surface area (Å²) in [5.41, 5.74) is 7.96. The van der Waals surface area contributed by atoms with Gasteiger partial charge >= 0.3 is 6.01 Å². The predicted octanol–water partition coefficient (Wildman–Crippen LogP) is 7.93. The number of nitrogens with zero attached hydrogens (tertiary/aromatic N) is 3. The molecule has 3 aromatic rings. The van der Waals surface area contributed by atoms with E-state index in [1.807, 2.05) is 19.1 Å². The molecule has 202 valence electrons. The Kier molecular flexibility index (Phi) is 8.03. The molecule has 2 saturated heterocycles. The van der Waals surface area contributed by atoms with Gasteiger partial charge in [-0.05, 0) is 100 Å². The first-order valence-corrected chi connectivity index (χ1v) is 13.3. The van der Waals surface area contributed by atoms with E-state index in [1.165, 1.54) is 11.1 Å². The Labute approximate surface area is 225 Å². The zero-order valence-corrected chi connectivity index (χ0v) is 23.5. The SMILES string of the molecule is C=C.CC(C)=C(C)c1c(-c2c(C)cc3cnc(OC[C@@]45CCCN4C[C@H](F)C5)nc3c2F)ccc(C)c1C. The van der Waals surface area contributed by atoms with E-state index in [4.69, 9.17) is 4.74 Å². The summed E-state index contributed by atoms with van der Waals surface area (Å²) in [5.74, 6) is -0.367. The molecular formula is C32H39F2N3O. The minimum atomic E-state index is -0.828. The first-order chi connectivity index (χ1) is 18.1. The third kappa shape index (κ3) is 4.86. The highest BCUT2D eigenvalue weighted by atomic mass is 19.1. The van der Waals surface area contributed by atoms with Crippen molar-refractivity contribution in [3.05, 3.63) is 71.2 Å². The lowest BCUT2D eigenvalue weighted by molar-refractivity contribution is 0.107. The van der Waals surface area contributed by atoms with E-state index in [-0.39, 0.29) is 22.9 Å². The van der Waals surface area contributed by atoms with Gasteiger partial charge in [-0.25, -0.2) is 13.8 Å². The topological polar surface area (TPSA) is 38.2 Å². The number of benzene rings is 2. The van der Waals surface area contributed by atoms with Gasteiger partial charge in [0.25, 0.3) is 0 Å². The Morgan fingerprint density at radius 3 is 2.61 bits per heavy atom. The number of hydrogen-bond acceptors (Lipinski definition) is 4. The summed E-state index contributed by atoms with van der Waals surface area (Å²) < 4.78 is 36.4. The average Bonchev–Trinajstić information content (AvgIpc) is 3.41. The maximum atomic E-state index is 16.3. The lowest BCUT2D eigenvalue weighted by Crippen LogP contribution is -2.43. The molecule has 38 heavy (non-hydrogen) atoms. The van der Waals surface area contributed by atoms with Gasteiger partial charge in [0.05, 0.1) is 5.54 Å². The number of halogens is 2. The van der Waals surface area contributed by atoms with Crippen molar-refractivity contribution in [2.24, 2.45) is 0 Å². The standard InChI is InChI=1S/C30H35F2N3O.C2H4/c1-17(2)20(5)26-21(6)18(3)8-9-24(26)25-19(4)12-22-14-33-29(34-28(22)27(25)32)36-16-30-10-7-11-35(30)15-23(31)13-30;1-2/h8-9,12,14,23H,7,10-11,13,15-16H2,1-6H3;1-2H2/t23-,30+;/m1./s1. The quantitative estimate of drug-likeness (QED) is 0.321. The van der Waals surface area contributed by atoms with Crippen LogP contribution in [0.2, 0.25) is 0 Å². The third-order valence-electron chi connectivity index (χ3n) is 8.35. The largest absolute Gasteiger partial charge is 0.461 e. The predicted molar refractivity (Wildman–Crippen MR) is 153 cm³/mol. The zero-order valence-electron chi connectivity index (χ0n) is 23.5. The summed E-state index contributed by atoms with van der Waals surface area (Å²) >= 11 is 0. The second kappa shape index (κ2) is 10.9. The number of aromatic nitrogens is 2. The Hall–Kier alpha value is -3.12. The van der Waals surface area contributed by atoms with Gasteiger partial charge in [0.1, 0.15) is 18.3 Å². The molecule has 0 aliphatic carbocycles. The second-order valence-corrected chi connectivity index (χ2v) is 10.9. The van der Waals surface area contributed by atoms with Crippen LogP contribution in [0.1, 0.15) is 62.3 Å². The van der Waals surface area contributed by atoms with Gasteiger partial charge in [-0.15, -0.1) is 13.2 Å². The highest BCUT2D eigenvalue weighted by Crippen LogP contribution is 2.41. The van der Waals surface area contributed by atoms with Crippen molar-refractivity contribution < 1.29 is 13.5 Å². The molecule has 2 aliphatic rings. The summed E-state index contributed by atoms with van der Waals surface area (Å²) in [6.07, 6.45) is 3.20. The Bertz CT molecular complexity index is 1400. The second-order valence-electron chi connectivity index (χ2n) is 10.9. The molecule has 2 atom stereocenters. The van der Waals surface area contributed by atoms with Crippen LogP contribution in [-0.4, -0.2) is 46.3 Å². The van der Waals surface area contributed by atoms with Crippen LogP contribution in [0.25, 0.3) is 27.6 Å². The number of ether oxygens (including phenoxy) is 1. The molecule has 0 amide bonds. The van der Waals surface area contributed by atoms with Crippen molar-refractivity contribution in [3.8, 4) is 17.1 Å². The average molecular weight is 520 g/mol. The van der Waals surface area contributed by atoms with Crippen LogP contribution in [0, 0.1) is 26.6 Å². The molecule has 0 spiro atoms. The molecule has 2 aliphatic heterocycles. The van der Waals surface area contributed by atoms with E-state index < -0.39 is 6.17 Å². The molecule has 0 unspecified atom stereocenters. The number of hydrogen-bond donors (Lipinski definition) is 0. The minimum Gasteiger partial charge on any atom is -0.461 e. The zero-order chi connectivity index (χ0) is 27.8. The lowest BCUT2D eigenvalue weighted by Gasteiger charge is -2.30. The fourth-order valence-corrected chi connectivity index (χ4v) is 6.06. The van der Waals surface area contributed by atoms with Crippen LogP contribution in [0.3, 0.4) is 0 Å². The summed E-state index contributed by atoms with van der Waals surface area (Å²) in [5, 5.41) is 0.635. The molecule has 6 heteroatoms. The van der Waals surface area contributed by atoms with Crippen LogP contribution in [-0.2, 0) is 0 Å². The van der Waals surface area contributed by atoms with Crippen molar-refractivity contribution >= 4 is 16.5 Å². The van der Waals surface area contributed by atoms with Crippen molar-refractivity contribution in [3.63, 3.8) is 0 Å². The first-order valence-electron chi connectivity index (χ1n) is 13.3. The molecule has 0 saturated carbocycles. The number of alkyl halides is 1. The van der Waals surface area contributed by atoms with E-state index >= 15 is 4.39 Å². The molecular weight excluding hydrogens is 480 g/mol. The van der Waals surface area contributed by atoms with Gasteiger partial charge in [0.2, 0.25) is 0 Å². The molecule has 1 aromatic heterocycles. The maximum absolute atomic E-state index is 16.3. The molecule has 4 nitrogen and oxygen atoms in total. The molecule has 0 bridgehead atoms. The highest BCUT2D eigenvalue weighted by molar-refractivity contribution is 5.91. The molecule has 2 aromatic carbocycles. The number of aryl methyl sites for hydroxylation is 2. The number of allylic oxidation sites excluding steroid dienone is 2. The van der Waals surface area contributed by atoms with Crippen molar-refractivity contribution in [1.29, 1.82) is 0 Å². The van der Waals surface area contributed by atoms with Crippen molar-refractivity contribution in [2.75, 3.05) is 19.7 Å². The van der Waals surface area contributed by atoms with E-state index in [0.717, 1.165) is 47.2 Å². The number of fused-ring (bicyclic) bond motifs is 2. The van der Waals surface area contributed by atoms with E-state index in [0.29, 0.717) is 30.5 Å². The van der Waals surface area contributed by atoms with Gasteiger partial charge in [0.15, 0.2) is 5.82 Å². The maximum Gasteiger partial charge on any atom is 0.317 e. The van der Waals surface area contributed by atoms with Crippen molar-refractivity contribution in [1.82, 2.24) is 14.9 Å². The summed E-state index contributed by atoms with van der Waals surface area (Å²) in [4.78, 5) is 11.1. The van der Waals surface area contributed by atoms with Gasteiger partial charge in [-0.3, -0.25) is 4.90 Å². The minimum absolute atomic E-state index is 0.139. The van der Waals surface area contributed by atoms with Crippen LogP contribution < -0.4 is 4.74 Å². The third-order valence-corrected chi connectivity index (χ3v) is 8.35. The van der Waals surface area contributed by atoms with Gasteiger partial charge in [-0.1, -0.05) is 17.7 Å². The highest BCUT2D eigenvalue weighted by Gasteiger charge is 2.49. The van der Waals surface area contributed by atoms with E-state index in [1.54, 1.807) is 6.20 Å². The monoisotopic (exact) mass is 519 g/mol. The molecule has 0 radical (unpaired) electrons. The molecule has 0 N–H and O–H groups in total. The molecule has 2 fully saturated rings. The van der Waals surface area contributed by atoms with Gasteiger partial charge in [0, 0.05) is 30.1 Å². The Morgan fingerprint density at radius 1 is 1.16 bits per heavy atom. The van der Waals surface area contributed by atoms with Crippen molar-refractivity contribution in [2.45, 2.75) is 72.5 Å². The Balaban J connectivity index is 0.00000164. The van der Waals surface area contributed by atoms with E-state index in [9.17, 15) is 4.39 Å². The smallest absolute Gasteiger partial charge is 0.317 e. The molecule has 5 rings (SSSR count). The number of rotatable bonds is 5. The fourth-order valence-electron chi connectivity index (χ4n) is 6.06. The van der Waals surface area contributed by atoms with Crippen LogP contribution in [0.5, 0.6) is 6.01 Å². The fraction of sp³-hybridized carbons (Fsp3) is 0.438. The Morgan fingerprint density at radius 2 is 1.89 bits per heavy atom. The summed E-state index contributed by atoms with van der Waals surface area (Å²) in [6.45, 7) is 20.1. The molecule has 3 heterocycles. The van der Waals surface area contributed by atoms with Crippen LogP contribution >= 0.6 is 0 Å². The normalized spacial score (nSPS) is 20.7. The van der Waals surface area contributed by atoms with E-state index in [2.05, 4.69) is 68.7 Å². The summed E-state index contributed by atoms with van der Waals surface area (Å²) in [6, 6.07) is 6.15. The van der Waals surface area contributed by atoms with Gasteiger partial charge in [-0.2, -0.15) is 4.98 Å². The van der Waals surface area contributed by atoms with Crippen LogP contribution in [0.15, 0.2) is 43.1 Å². The van der Waals surface area contributed by atoms with Gasteiger partial charge < -0.3 is 4.74 Å². The first kappa shape index (κ1) is 27.9. The lowest BCUT2D eigenvalue weighted by atomic mass is 9.85. The van der Waals surface area contributed by atoms with Crippen LogP contribution in [0.4, 0.5) is 8.78 Å². The summed E-state index contributed by atoms with van der Waals surface area (Å²) in [7, 11) is 0.